The van der Waals surface area contributed by atoms with Gasteiger partial charge in [-0.2, -0.15) is 4.98 Å². The summed E-state index contributed by atoms with van der Waals surface area (Å²) in [5, 5.41) is 20.6. The number of rotatable bonds is 9. The van der Waals surface area contributed by atoms with Gasteiger partial charge in [-0.1, -0.05) is 54.6 Å². The van der Waals surface area contributed by atoms with Crippen LogP contribution < -0.4 is 10.1 Å². The highest BCUT2D eigenvalue weighted by Crippen LogP contribution is 2.40. The molecule has 0 spiro atoms. The zero-order chi connectivity index (χ0) is 25.8. The number of nitrogens with one attached hydrogen (secondary N) is 1. The summed E-state index contributed by atoms with van der Waals surface area (Å²) in [5.74, 6) is 0.532. The molecule has 0 radical (unpaired) electrons. The fourth-order valence-electron chi connectivity index (χ4n) is 3.82. The number of fused-ring (bicyclic) bond motifs is 1. The predicted octanol–water partition coefficient (Wildman–Crippen LogP) is 5.38. The zero-order valence-corrected chi connectivity index (χ0v) is 21.4. The SMILES string of the molecule is CCCOC(=O)C1=C(C)Nc2nc(SCc3ccccc3Cl)nn2C1c1ccc(OC)c([N+](=O)[O-])c1. The van der Waals surface area contributed by atoms with Crippen molar-refractivity contribution in [3.63, 3.8) is 0 Å². The van der Waals surface area contributed by atoms with Gasteiger partial charge in [0, 0.05) is 22.5 Å². The molecule has 1 N–H and O–H groups in total. The lowest BCUT2D eigenvalue weighted by Crippen LogP contribution is -2.29. The van der Waals surface area contributed by atoms with Gasteiger partial charge in [0.05, 0.1) is 24.2 Å². The van der Waals surface area contributed by atoms with Gasteiger partial charge in [0.15, 0.2) is 5.75 Å². The van der Waals surface area contributed by atoms with E-state index in [2.05, 4.69) is 15.4 Å². The van der Waals surface area contributed by atoms with Crippen molar-refractivity contribution in [2.75, 3.05) is 19.0 Å². The quantitative estimate of drug-likeness (QED) is 0.168. The van der Waals surface area contributed by atoms with E-state index >= 15 is 0 Å². The molecule has 0 amide bonds. The minimum absolute atomic E-state index is 0.114. The summed E-state index contributed by atoms with van der Waals surface area (Å²) in [6.45, 7) is 3.88. The van der Waals surface area contributed by atoms with Crippen molar-refractivity contribution in [1.82, 2.24) is 14.8 Å². The normalized spacial score (nSPS) is 14.7. The molecule has 1 atom stereocenters. The molecule has 3 aromatic rings. The number of halogens is 1. The number of methoxy groups -OCH3 is 1. The van der Waals surface area contributed by atoms with Gasteiger partial charge >= 0.3 is 11.7 Å². The topological polar surface area (TPSA) is 121 Å². The van der Waals surface area contributed by atoms with E-state index in [0.29, 0.717) is 45.1 Å². The Balaban J connectivity index is 1.76. The molecule has 0 saturated heterocycles. The number of nitro benzene ring substituents is 1. The van der Waals surface area contributed by atoms with Gasteiger partial charge in [-0.15, -0.1) is 5.10 Å². The highest BCUT2D eigenvalue weighted by atomic mass is 35.5. The smallest absolute Gasteiger partial charge is 0.338 e. The third-order valence-corrected chi connectivity index (χ3v) is 6.78. The molecule has 12 heteroatoms. The molecule has 2 heterocycles. The second kappa shape index (κ2) is 11.0. The Labute approximate surface area is 216 Å². The Morgan fingerprint density at radius 3 is 2.78 bits per heavy atom. The monoisotopic (exact) mass is 529 g/mol. The maximum Gasteiger partial charge on any atom is 0.338 e. The largest absolute Gasteiger partial charge is 0.490 e. The van der Waals surface area contributed by atoms with E-state index in [-0.39, 0.29) is 18.0 Å². The number of thioether (sulfide) groups is 1. The van der Waals surface area contributed by atoms with E-state index in [1.165, 1.54) is 31.0 Å². The Bertz CT molecular complexity index is 1340. The van der Waals surface area contributed by atoms with Crippen molar-refractivity contribution in [3.8, 4) is 5.75 Å². The number of hydrogen-bond acceptors (Lipinski definition) is 9. The van der Waals surface area contributed by atoms with Crippen LogP contribution in [0.15, 0.2) is 58.9 Å². The summed E-state index contributed by atoms with van der Waals surface area (Å²) in [6.07, 6.45) is 0.654. The molecule has 1 unspecified atom stereocenters. The lowest BCUT2D eigenvalue weighted by Gasteiger charge is -2.28. The van der Waals surface area contributed by atoms with E-state index in [1.807, 2.05) is 31.2 Å². The Morgan fingerprint density at radius 2 is 2.08 bits per heavy atom. The minimum Gasteiger partial charge on any atom is -0.490 e. The number of hydrogen-bond donors (Lipinski definition) is 1. The summed E-state index contributed by atoms with van der Waals surface area (Å²) in [6, 6.07) is 11.3. The third kappa shape index (κ3) is 5.17. The highest BCUT2D eigenvalue weighted by molar-refractivity contribution is 7.98. The average molecular weight is 530 g/mol. The highest BCUT2D eigenvalue weighted by Gasteiger charge is 2.36. The van der Waals surface area contributed by atoms with E-state index in [9.17, 15) is 14.9 Å². The molecule has 1 aromatic heterocycles. The predicted molar refractivity (Wildman–Crippen MR) is 136 cm³/mol. The number of carbonyl (C=O) groups excluding carboxylic acids is 1. The molecule has 4 rings (SSSR count). The van der Waals surface area contributed by atoms with Crippen LogP contribution in [-0.2, 0) is 15.3 Å². The summed E-state index contributed by atoms with van der Waals surface area (Å²) in [7, 11) is 1.36. The van der Waals surface area contributed by atoms with Crippen molar-refractivity contribution in [1.29, 1.82) is 0 Å². The van der Waals surface area contributed by atoms with Gasteiger partial charge in [-0.05, 0) is 36.6 Å². The van der Waals surface area contributed by atoms with Crippen LogP contribution in [-0.4, -0.2) is 39.4 Å². The van der Waals surface area contributed by atoms with Crippen LogP contribution >= 0.6 is 23.4 Å². The van der Waals surface area contributed by atoms with Crippen LogP contribution in [0.1, 0.15) is 37.4 Å². The van der Waals surface area contributed by atoms with Crippen molar-refractivity contribution < 1.29 is 19.2 Å². The van der Waals surface area contributed by atoms with Crippen LogP contribution in [0.3, 0.4) is 0 Å². The molecule has 2 aromatic carbocycles. The summed E-state index contributed by atoms with van der Waals surface area (Å²) >= 11 is 7.67. The Hall–Kier alpha value is -3.57. The number of aromatic nitrogens is 3. The fourth-order valence-corrected chi connectivity index (χ4v) is 4.93. The molecule has 0 saturated carbocycles. The van der Waals surface area contributed by atoms with Crippen molar-refractivity contribution in [3.05, 3.63) is 80.0 Å². The first-order valence-electron chi connectivity index (χ1n) is 11.1. The van der Waals surface area contributed by atoms with Gasteiger partial charge in [0.25, 0.3) is 0 Å². The lowest BCUT2D eigenvalue weighted by molar-refractivity contribution is -0.385. The number of benzene rings is 2. The molecule has 0 bridgehead atoms. The first kappa shape index (κ1) is 25.5. The third-order valence-electron chi connectivity index (χ3n) is 5.52. The first-order valence-corrected chi connectivity index (χ1v) is 12.5. The number of esters is 1. The van der Waals surface area contributed by atoms with Crippen LogP contribution in [0.4, 0.5) is 11.6 Å². The maximum absolute atomic E-state index is 13.1. The molecule has 36 heavy (non-hydrogen) atoms. The average Bonchev–Trinajstić information content (AvgIpc) is 3.27. The van der Waals surface area contributed by atoms with E-state index in [1.54, 1.807) is 17.7 Å². The van der Waals surface area contributed by atoms with Gasteiger partial charge in [-0.25, -0.2) is 9.48 Å². The number of carbonyl (C=O) groups is 1. The standard InChI is InChI=1S/C24H24ClN5O5S/c1-4-11-35-22(31)20-14(2)26-23-27-24(36-13-16-7-5-6-8-17(16)25)28-29(23)21(20)15-9-10-19(34-3)18(12-15)30(32)33/h5-10,12,21H,4,11,13H2,1-3H3,(H,26,27,28). The molecule has 10 nitrogen and oxygen atoms in total. The van der Waals surface area contributed by atoms with Crippen LogP contribution in [0.25, 0.3) is 0 Å². The number of nitrogens with zero attached hydrogens (tertiary/aromatic N) is 4. The number of allylic oxidation sites excluding steroid dienone is 1. The number of anilines is 1. The zero-order valence-electron chi connectivity index (χ0n) is 19.9. The van der Waals surface area contributed by atoms with Gasteiger partial charge in [-0.3, -0.25) is 10.1 Å². The van der Waals surface area contributed by atoms with Crippen molar-refractivity contribution >= 4 is 41.0 Å². The van der Waals surface area contributed by atoms with E-state index in [0.717, 1.165) is 5.56 Å². The summed E-state index contributed by atoms with van der Waals surface area (Å²) in [4.78, 5) is 28.9. The van der Waals surface area contributed by atoms with Gasteiger partial charge < -0.3 is 14.8 Å². The molecule has 1 aliphatic rings. The van der Waals surface area contributed by atoms with Crippen molar-refractivity contribution in [2.45, 2.75) is 37.2 Å². The molecule has 1 aliphatic heterocycles. The molecule has 188 valence electrons. The second-order valence-electron chi connectivity index (χ2n) is 7.93. The number of nitro groups is 1. The van der Waals surface area contributed by atoms with E-state index in [4.69, 9.17) is 21.1 Å². The van der Waals surface area contributed by atoms with Gasteiger partial charge in [0.1, 0.15) is 6.04 Å². The van der Waals surface area contributed by atoms with Crippen molar-refractivity contribution in [2.24, 2.45) is 0 Å². The van der Waals surface area contributed by atoms with Crippen LogP contribution in [0.5, 0.6) is 5.75 Å². The number of ether oxygens (including phenoxy) is 2. The minimum atomic E-state index is -0.794. The summed E-state index contributed by atoms with van der Waals surface area (Å²) in [5.41, 5.74) is 2.01. The van der Waals surface area contributed by atoms with Crippen LogP contribution in [0.2, 0.25) is 5.02 Å². The molecular formula is C24H24ClN5O5S. The maximum atomic E-state index is 13.1. The second-order valence-corrected chi connectivity index (χ2v) is 9.28. The van der Waals surface area contributed by atoms with E-state index < -0.39 is 16.9 Å². The first-order chi connectivity index (χ1) is 17.3. The fraction of sp³-hybridized carbons (Fsp3) is 0.292. The Kier molecular flexibility index (Phi) is 7.80. The van der Waals surface area contributed by atoms with Crippen LogP contribution in [0, 0.1) is 10.1 Å². The lowest BCUT2D eigenvalue weighted by atomic mass is 9.95. The molecular weight excluding hydrogens is 506 g/mol. The molecule has 0 aliphatic carbocycles. The summed E-state index contributed by atoms with van der Waals surface area (Å²) < 4.78 is 12.1. The van der Waals surface area contributed by atoms with Gasteiger partial charge in [0.2, 0.25) is 11.1 Å². The Morgan fingerprint density at radius 1 is 1.31 bits per heavy atom. The molecule has 0 fully saturated rings.